The van der Waals surface area contributed by atoms with Gasteiger partial charge in [0, 0.05) is 17.4 Å². The molecule has 0 aliphatic heterocycles. The smallest absolute Gasteiger partial charge is 0.0859 e. The van der Waals surface area contributed by atoms with Crippen LogP contribution in [0, 0.1) is 6.92 Å². The molecule has 4 N–H and O–H groups in total. The van der Waals surface area contributed by atoms with E-state index in [1.165, 1.54) is 0 Å². The molecule has 0 radical (unpaired) electrons. The van der Waals surface area contributed by atoms with Crippen LogP contribution in [-0.2, 0) is 0 Å². The van der Waals surface area contributed by atoms with Crippen LogP contribution in [0.25, 0.3) is 17.2 Å². The molecule has 0 saturated carbocycles. The van der Waals surface area contributed by atoms with Crippen molar-refractivity contribution in [3.63, 3.8) is 0 Å². The molecule has 0 fully saturated rings. The van der Waals surface area contributed by atoms with Crippen LogP contribution in [0.4, 0.5) is 11.4 Å². The highest BCUT2D eigenvalue weighted by Crippen LogP contribution is 2.32. The van der Waals surface area contributed by atoms with Gasteiger partial charge in [0.05, 0.1) is 11.4 Å². The van der Waals surface area contributed by atoms with E-state index >= 15 is 0 Å². The summed E-state index contributed by atoms with van der Waals surface area (Å²) in [5.74, 6) is 0. The summed E-state index contributed by atoms with van der Waals surface area (Å²) in [7, 11) is 0. The average Bonchev–Trinajstić information content (AvgIpc) is 2.33. The number of hydrogen-bond donors (Lipinski definition) is 2. The predicted octanol–water partition coefficient (Wildman–Crippen LogP) is 2.86. The second kappa shape index (κ2) is 4.29. The molecule has 1 aromatic carbocycles. The molecule has 3 heteroatoms. The van der Waals surface area contributed by atoms with Gasteiger partial charge >= 0.3 is 0 Å². The lowest BCUT2D eigenvalue weighted by atomic mass is 9.98. The van der Waals surface area contributed by atoms with E-state index in [-0.39, 0.29) is 0 Å². The Bertz CT molecular complexity index is 574. The minimum absolute atomic E-state index is 0.635. The van der Waals surface area contributed by atoms with E-state index in [1.807, 2.05) is 31.2 Å². The van der Waals surface area contributed by atoms with Gasteiger partial charge in [-0.3, -0.25) is 4.98 Å². The number of hydrogen-bond acceptors (Lipinski definition) is 3. The van der Waals surface area contributed by atoms with E-state index < -0.39 is 0 Å². The van der Waals surface area contributed by atoms with Crippen molar-refractivity contribution >= 4 is 17.5 Å². The van der Waals surface area contributed by atoms with E-state index in [1.54, 1.807) is 12.3 Å². The van der Waals surface area contributed by atoms with Crippen LogP contribution in [0.1, 0.15) is 11.3 Å². The van der Waals surface area contributed by atoms with E-state index in [2.05, 4.69) is 11.6 Å². The summed E-state index contributed by atoms with van der Waals surface area (Å²) in [6.45, 7) is 5.68. The first-order chi connectivity index (χ1) is 8.15. The molecule has 0 saturated heterocycles. The van der Waals surface area contributed by atoms with Gasteiger partial charge in [0.2, 0.25) is 0 Å². The number of rotatable bonds is 2. The number of pyridine rings is 1. The molecule has 0 aliphatic carbocycles. The predicted molar refractivity (Wildman–Crippen MR) is 73.3 cm³/mol. The lowest BCUT2D eigenvalue weighted by Gasteiger charge is -2.12. The summed E-state index contributed by atoms with van der Waals surface area (Å²) in [6, 6.07) is 7.70. The normalized spacial score (nSPS) is 10.2. The first kappa shape index (κ1) is 11.2. The molecule has 0 amide bonds. The minimum atomic E-state index is 0.635. The molecule has 86 valence electrons. The van der Waals surface area contributed by atoms with Crippen molar-refractivity contribution in [2.24, 2.45) is 0 Å². The highest BCUT2D eigenvalue weighted by molar-refractivity contribution is 5.84. The molecular weight excluding hydrogens is 210 g/mol. The minimum Gasteiger partial charge on any atom is -0.398 e. The average molecular weight is 225 g/mol. The standard InChI is InChI=1S/C14H15N3/c1-3-13-14(16)11(7-8-17-13)10-5-4-6-12(15)9(10)2/h3-8H,1,15-16H2,2H3. The zero-order valence-corrected chi connectivity index (χ0v) is 9.77. The number of benzene rings is 1. The quantitative estimate of drug-likeness (QED) is 0.772. The topological polar surface area (TPSA) is 64.9 Å². The summed E-state index contributed by atoms with van der Waals surface area (Å²) in [4.78, 5) is 4.16. The number of anilines is 2. The van der Waals surface area contributed by atoms with Crippen LogP contribution in [0.5, 0.6) is 0 Å². The molecule has 2 rings (SSSR count). The van der Waals surface area contributed by atoms with Crippen LogP contribution in [0.3, 0.4) is 0 Å². The SMILES string of the molecule is C=Cc1nccc(-c2cccc(N)c2C)c1N. The Morgan fingerprint density at radius 3 is 2.65 bits per heavy atom. The van der Waals surface area contributed by atoms with E-state index in [0.29, 0.717) is 11.4 Å². The Morgan fingerprint density at radius 2 is 1.94 bits per heavy atom. The Hall–Kier alpha value is -2.29. The zero-order chi connectivity index (χ0) is 12.4. The van der Waals surface area contributed by atoms with Gasteiger partial charge in [-0.05, 0) is 36.3 Å². The number of nitrogen functional groups attached to an aromatic ring is 2. The summed E-state index contributed by atoms with van der Waals surface area (Å²) in [5, 5.41) is 0. The maximum absolute atomic E-state index is 6.07. The lowest BCUT2D eigenvalue weighted by Crippen LogP contribution is -1.98. The summed E-state index contributed by atoms with van der Waals surface area (Å²) in [5.41, 5.74) is 17.1. The van der Waals surface area contributed by atoms with Gasteiger partial charge in [0.1, 0.15) is 0 Å². The van der Waals surface area contributed by atoms with Gasteiger partial charge in [-0.1, -0.05) is 18.7 Å². The van der Waals surface area contributed by atoms with Crippen molar-refractivity contribution in [1.82, 2.24) is 4.98 Å². The molecule has 2 aromatic rings. The molecular formula is C14H15N3. The third kappa shape index (κ3) is 1.87. The third-order valence-electron chi connectivity index (χ3n) is 2.88. The van der Waals surface area contributed by atoms with Gasteiger partial charge in [0.15, 0.2) is 0 Å². The molecule has 0 aliphatic rings. The fourth-order valence-corrected chi connectivity index (χ4v) is 1.83. The Balaban J connectivity index is 2.69. The van der Waals surface area contributed by atoms with Crippen LogP contribution < -0.4 is 11.5 Å². The first-order valence-corrected chi connectivity index (χ1v) is 5.37. The molecule has 0 spiro atoms. The van der Waals surface area contributed by atoms with Crippen LogP contribution in [-0.4, -0.2) is 4.98 Å². The number of nitrogens with two attached hydrogens (primary N) is 2. The van der Waals surface area contributed by atoms with E-state index in [9.17, 15) is 0 Å². The highest BCUT2D eigenvalue weighted by atomic mass is 14.7. The van der Waals surface area contributed by atoms with Gasteiger partial charge in [0.25, 0.3) is 0 Å². The zero-order valence-electron chi connectivity index (χ0n) is 9.77. The van der Waals surface area contributed by atoms with Crippen molar-refractivity contribution in [2.75, 3.05) is 11.5 Å². The van der Waals surface area contributed by atoms with Crippen molar-refractivity contribution in [3.05, 3.63) is 48.3 Å². The van der Waals surface area contributed by atoms with Crippen molar-refractivity contribution in [3.8, 4) is 11.1 Å². The van der Waals surface area contributed by atoms with Crippen LogP contribution >= 0.6 is 0 Å². The molecule has 0 atom stereocenters. The van der Waals surface area contributed by atoms with Gasteiger partial charge in [-0.15, -0.1) is 0 Å². The van der Waals surface area contributed by atoms with Crippen molar-refractivity contribution in [2.45, 2.75) is 6.92 Å². The second-order valence-corrected chi connectivity index (χ2v) is 3.88. The number of nitrogens with zero attached hydrogens (tertiary/aromatic N) is 1. The monoisotopic (exact) mass is 225 g/mol. The van der Waals surface area contributed by atoms with Gasteiger partial charge < -0.3 is 11.5 Å². The van der Waals surface area contributed by atoms with Gasteiger partial charge in [-0.25, -0.2) is 0 Å². The maximum atomic E-state index is 6.07. The van der Waals surface area contributed by atoms with Gasteiger partial charge in [-0.2, -0.15) is 0 Å². The van der Waals surface area contributed by atoms with Crippen LogP contribution in [0.2, 0.25) is 0 Å². The van der Waals surface area contributed by atoms with Crippen LogP contribution in [0.15, 0.2) is 37.0 Å². The second-order valence-electron chi connectivity index (χ2n) is 3.88. The molecule has 0 unspecified atom stereocenters. The van der Waals surface area contributed by atoms with Crippen molar-refractivity contribution in [1.29, 1.82) is 0 Å². The maximum Gasteiger partial charge on any atom is 0.0859 e. The fourth-order valence-electron chi connectivity index (χ4n) is 1.83. The summed E-state index contributed by atoms with van der Waals surface area (Å²) in [6.07, 6.45) is 3.38. The summed E-state index contributed by atoms with van der Waals surface area (Å²) < 4.78 is 0. The highest BCUT2D eigenvalue weighted by Gasteiger charge is 2.09. The molecule has 0 bridgehead atoms. The Kier molecular flexibility index (Phi) is 2.83. The van der Waals surface area contributed by atoms with E-state index in [0.717, 1.165) is 22.4 Å². The molecule has 1 heterocycles. The largest absolute Gasteiger partial charge is 0.398 e. The Labute approximate surface area is 101 Å². The molecule has 1 aromatic heterocycles. The lowest BCUT2D eigenvalue weighted by molar-refractivity contribution is 1.30. The first-order valence-electron chi connectivity index (χ1n) is 5.37. The van der Waals surface area contributed by atoms with E-state index in [4.69, 9.17) is 11.5 Å². The summed E-state index contributed by atoms with van der Waals surface area (Å²) >= 11 is 0. The molecule has 17 heavy (non-hydrogen) atoms. The molecule has 3 nitrogen and oxygen atoms in total. The van der Waals surface area contributed by atoms with Crippen molar-refractivity contribution < 1.29 is 0 Å². The number of aromatic nitrogens is 1. The Morgan fingerprint density at radius 1 is 1.18 bits per heavy atom. The fraction of sp³-hybridized carbons (Fsp3) is 0.0714. The third-order valence-corrected chi connectivity index (χ3v) is 2.88.